The van der Waals surface area contributed by atoms with E-state index in [-0.39, 0.29) is 12.2 Å². The Bertz CT molecular complexity index is 702. The van der Waals surface area contributed by atoms with Crippen molar-refractivity contribution in [3.8, 4) is 0 Å². The summed E-state index contributed by atoms with van der Waals surface area (Å²) >= 11 is 3.28. The van der Waals surface area contributed by atoms with Crippen LogP contribution in [0.4, 0.5) is 0 Å². The van der Waals surface area contributed by atoms with Crippen LogP contribution in [0.25, 0.3) is 0 Å². The zero-order valence-corrected chi connectivity index (χ0v) is 12.8. The van der Waals surface area contributed by atoms with Crippen molar-refractivity contribution in [3.63, 3.8) is 0 Å². The second-order valence-corrected chi connectivity index (χ2v) is 6.38. The van der Waals surface area contributed by atoms with Crippen molar-refractivity contribution in [1.29, 1.82) is 0 Å². The molecule has 3 heterocycles. The fourth-order valence-corrected chi connectivity index (χ4v) is 3.61. The van der Waals surface area contributed by atoms with Crippen LogP contribution < -0.4 is 5.43 Å². The van der Waals surface area contributed by atoms with Crippen LogP contribution in [-0.2, 0) is 14.3 Å². The monoisotopic (exact) mass is 362 g/mol. The molecule has 2 bridgehead atoms. The quantitative estimate of drug-likeness (QED) is 0.629. The van der Waals surface area contributed by atoms with Gasteiger partial charge in [0.25, 0.3) is 17.7 Å². The second-order valence-electron chi connectivity index (χ2n) is 5.46. The van der Waals surface area contributed by atoms with E-state index in [4.69, 9.17) is 4.74 Å². The van der Waals surface area contributed by atoms with Crippen molar-refractivity contribution in [2.24, 2.45) is 11.8 Å². The van der Waals surface area contributed by atoms with Crippen LogP contribution in [0.15, 0.2) is 40.9 Å². The molecule has 7 heteroatoms. The Labute approximate surface area is 134 Å². The van der Waals surface area contributed by atoms with Gasteiger partial charge >= 0.3 is 0 Å². The summed E-state index contributed by atoms with van der Waals surface area (Å²) in [5, 5.41) is 0.841. The number of hydrogen-bond donors (Lipinski definition) is 1. The number of nitrogens with zero attached hydrogens (tertiary/aromatic N) is 1. The molecule has 1 aromatic carbocycles. The molecular weight excluding hydrogens is 352 g/mol. The van der Waals surface area contributed by atoms with Gasteiger partial charge in [-0.15, -0.1) is 0 Å². The molecule has 0 spiro atoms. The van der Waals surface area contributed by atoms with Crippen LogP contribution in [0.1, 0.15) is 10.4 Å². The summed E-state index contributed by atoms with van der Waals surface area (Å²) in [6.07, 6.45) is 2.88. The molecule has 1 N–H and O–H groups in total. The number of imide groups is 1. The lowest BCUT2D eigenvalue weighted by molar-refractivity contribution is -0.145. The molecule has 2 fully saturated rings. The molecule has 22 heavy (non-hydrogen) atoms. The van der Waals surface area contributed by atoms with Crippen molar-refractivity contribution in [2.45, 2.75) is 12.2 Å². The van der Waals surface area contributed by atoms with E-state index in [1.165, 1.54) is 0 Å². The molecule has 4 atom stereocenters. The van der Waals surface area contributed by atoms with Gasteiger partial charge in [-0.05, 0) is 18.2 Å². The highest BCUT2D eigenvalue weighted by Crippen LogP contribution is 2.44. The highest BCUT2D eigenvalue weighted by atomic mass is 79.9. The number of hydrogen-bond acceptors (Lipinski definition) is 4. The minimum absolute atomic E-state index is 0.362. The van der Waals surface area contributed by atoms with E-state index in [0.717, 1.165) is 9.48 Å². The fraction of sp³-hybridized carbons (Fsp3) is 0.267. The zero-order chi connectivity index (χ0) is 15.4. The van der Waals surface area contributed by atoms with Gasteiger partial charge in [0.05, 0.1) is 24.0 Å². The van der Waals surface area contributed by atoms with Crippen LogP contribution in [0.3, 0.4) is 0 Å². The SMILES string of the molecule is O=C(NN1C(=O)[C@@H]2[C@H](C1=O)[C@@H]1C=C[C@H]2O1)c1cccc(Br)c1. The summed E-state index contributed by atoms with van der Waals surface area (Å²) in [5.41, 5.74) is 2.78. The summed E-state index contributed by atoms with van der Waals surface area (Å²) in [7, 11) is 0. The molecule has 0 radical (unpaired) electrons. The molecule has 1 aromatic rings. The van der Waals surface area contributed by atoms with Crippen LogP contribution >= 0.6 is 15.9 Å². The van der Waals surface area contributed by atoms with Gasteiger partial charge in [0, 0.05) is 10.0 Å². The molecule has 0 aromatic heterocycles. The number of nitrogens with one attached hydrogen (secondary N) is 1. The Balaban J connectivity index is 1.56. The maximum atomic E-state index is 12.4. The molecule has 3 amide bonds. The summed E-state index contributed by atoms with van der Waals surface area (Å²) < 4.78 is 6.28. The standard InChI is InChI=1S/C15H11BrN2O4/c16-8-3-1-2-7(6-8)13(19)17-18-14(20)11-9-4-5-10(22-9)12(11)15(18)21/h1-6,9-12H,(H,17,19)/t9-,10+,11+,12-. The first-order valence-corrected chi connectivity index (χ1v) is 7.64. The van der Waals surface area contributed by atoms with Crippen molar-refractivity contribution >= 4 is 33.7 Å². The number of carbonyl (C=O) groups is 3. The van der Waals surface area contributed by atoms with E-state index in [1.54, 1.807) is 36.4 Å². The maximum Gasteiger partial charge on any atom is 0.270 e. The Morgan fingerprint density at radius 1 is 1.14 bits per heavy atom. The number of carbonyl (C=O) groups excluding carboxylic acids is 3. The van der Waals surface area contributed by atoms with Crippen molar-refractivity contribution < 1.29 is 19.1 Å². The topological polar surface area (TPSA) is 75.7 Å². The average molecular weight is 363 g/mol. The van der Waals surface area contributed by atoms with Gasteiger partial charge in [-0.2, -0.15) is 5.01 Å². The molecule has 6 nitrogen and oxygen atoms in total. The first kappa shape index (κ1) is 13.7. The molecule has 0 unspecified atom stereocenters. The lowest BCUT2D eigenvalue weighted by Crippen LogP contribution is -2.47. The van der Waals surface area contributed by atoms with Crippen LogP contribution in [-0.4, -0.2) is 34.9 Å². The number of hydrazine groups is 1. The third-order valence-corrected chi connectivity index (χ3v) is 4.70. The lowest BCUT2D eigenvalue weighted by Gasteiger charge is -2.18. The van der Waals surface area contributed by atoms with Gasteiger partial charge in [0.15, 0.2) is 0 Å². The Morgan fingerprint density at radius 2 is 1.77 bits per heavy atom. The van der Waals surface area contributed by atoms with E-state index >= 15 is 0 Å². The molecule has 4 rings (SSSR count). The number of halogens is 1. The molecule has 3 aliphatic heterocycles. The predicted molar refractivity (Wildman–Crippen MR) is 78.2 cm³/mol. The van der Waals surface area contributed by atoms with E-state index in [9.17, 15) is 14.4 Å². The first-order chi connectivity index (χ1) is 10.6. The summed E-state index contributed by atoms with van der Waals surface area (Å²) in [5.74, 6) is -2.36. The normalized spacial score (nSPS) is 31.8. The molecule has 2 saturated heterocycles. The number of fused-ring (bicyclic) bond motifs is 5. The van der Waals surface area contributed by atoms with Gasteiger partial charge in [0.2, 0.25) is 0 Å². The van der Waals surface area contributed by atoms with Gasteiger partial charge < -0.3 is 4.74 Å². The van der Waals surface area contributed by atoms with Crippen molar-refractivity contribution in [2.75, 3.05) is 0 Å². The second kappa shape index (κ2) is 4.76. The van der Waals surface area contributed by atoms with Gasteiger partial charge in [-0.25, -0.2) is 0 Å². The van der Waals surface area contributed by atoms with Gasteiger partial charge in [0.1, 0.15) is 0 Å². The highest BCUT2D eigenvalue weighted by Gasteiger charge is 2.61. The summed E-state index contributed by atoms with van der Waals surface area (Å²) in [4.78, 5) is 37.0. The van der Waals surface area contributed by atoms with Crippen molar-refractivity contribution in [1.82, 2.24) is 10.4 Å². The predicted octanol–water partition coefficient (Wildman–Crippen LogP) is 1.03. The molecule has 3 aliphatic rings. The Kier molecular flexibility index (Phi) is 2.95. The molecular formula is C15H11BrN2O4. The van der Waals surface area contributed by atoms with Gasteiger partial charge in [-0.3, -0.25) is 19.8 Å². The van der Waals surface area contributed by atoms with Gasteiger partial charge in [-0.1, -0.05) is 34.1 Å². The average Bonchev–Trinajstić information content (AvgIpc) is 3.17. The van der Waals surface area contributed by atoms with E-state index in [2.05, 4.69) is 21.4 Å². The van der Waals surface area contributed by atoms with Crippen LogP contribution in [0, 0.1) is 11.8 Å². The fourth-order valence-electron chi connectivity index (χ4n) is 3.21. The van der Waals surface area contributed by atoms with Crippen LogP contribution in [0.5, 0.6) is 0 Å². The number of benzene rings is 1. The lowest BCUT2D eigenvalue weighted by atomic mass is 9.85. The first-order valence-electron chi connectivity index (χ1n) is 6.84. The molecule has 0 aliphatic carbocycles. The minimum Gasteiger partial charge on any atom is -0.365 e. The largest absolute Gasteiger partial charge is 0.365 e. The number of rotatable bonds is 2. The third-order valence-electron chi connectivity index (χ3n) is 4.21. The molecule has 112 valence electrons. The Morgan fingerprint density at radius 3 is 2.36 bits per heavy atom. The third kappa shape index (κ3) is 1.85. The summed E-state index contributed by atoms with van der Waals surface area (Å²) in [6, 6.07) is 6.73. The number of amides is 3. The maximum absolute atomic E-state index is 12.4. The van der Waals surface area contributed by atoms with E-state index < -0.39 is 29.6 Å². The van der Waals surface area contributed by atoms with Crippen molar-refractivity contribution in [3.05, 3.63) is 46.5 Å². The zero-order valence-electron chi connectivity index (χ0n) is 11.2. The smallest absolute Gasteiger partial charge is 0.270 e. The minimum atomic E-state index is -0.523. The Hall–Kier alpha value is -1.99. The molecule has 0 saturated carbocycles. The summed E-state index contributed by atoms with van der Waals surface area (Å²) in [6.45, 7) is 0. The highest BCUT2D eigenvalue weighted by molar-refractivity contribution is 9.10. The van der Waals surface area contributed by atoms with E-state index in [0.29, 0.717) is 5.56 Å². The number of ether oxygens (including phenoxy) is 1. The van der Waals surface area contributed by atoms with Crippen LogP contribution in [0.2, 0.25) is 0 Å². The van der Waals surface area contributed by atoms with E-state index in [1.807, 2.05) is 0 Å².